The molecule has 0 N–H and O–H groups in total. The lowest BCUT2D eigenvalue weighted by molar-refractivity contribution is -0.118. The average molecular weight is 732 g/mol. The second-order valence-corrected chi connectivity index (χ2v) is 13.8. The van der Waals surface area contributed by atoms with Crippen LogP contribution in [0.25, 0.3) is 0 Å². The maximum atomic E-state index is 15.2. The van der Waals surface area contributed by atoms with Gasteiger partial charge in [-0.05, 0) is 58.9 Å². The van der Waals surface area contributed by atoms with Crippen molar-refractivity contribution in [1.29, 1.82) is 5.26 Å². The summed E-state index contributed by atoms with van der Waals surface area (Å²) in [4.78, 5) is 27.6. The molecule has 53 heavy (non-hydrogen) atoms. The fraction of sp³-hybridized carbons (Fsp3) is 0.250. The van der Waals surface area contributed by atoms with Gasteiger partial charge in [0.2, 0.25) is 5.91 Å². The Hall–Kier alpha value is -5.93. The van der Waals surface area contributed by atoms with Crippen molar-refractivity contribution in [1.82, 2.24) is 29.5 Å². The molecule has 0 bridgehead atoms. The van der Waals surface area contributed by atoms with Crippen molar-refractivity contribution in [3.63, 3.8) is 0 Å². The lowest BCUT2D eigenvalue weighted by atomic mass is 9.89. The molecule has 0 spiro atoms. The molecule has 1 amide bonds. The van der Waals surface area contributed by atoms with Gasteiger partial charge in [-0.3, -0.25) is 19.1 Å². The SMILES string of the molecule is CC(C)c1ccc(C(C(=O)N(c2ccn(Cc3ccc(F)cc3)n2)c2ccn(Cc3cc(Cl)c(C#N)cn3)n2)c2ccc(N3CC[C@H](F)C3)nc2)cc1. The number of rotatable bonds is 11. The minimum absolute atomic E-state index is 0.230. The Morgan fingerprint density at radius 3 is 2.15 bits per heavy atom. The number of anilines is 3. The molecule has 5 heterocycles. The number of hydrogen-bond acceptors (Lipinski definition) is 7. The Bertz CT molecular complexity index is 2250. The monoisotopic (exact) mass is 731 g/mol. The first kappa shape index (κ1) is 35.5. The van der Waals surface area contributed by atoms with Crippen LogP contribution in [0.3, 0.4) is 0 Å². The van der Waals surface area contributed by atoms with E-state index in [0.717, 1.165) is 16.7 Å². The van der Waals surface area contributed by atoms with Gasteiger partial charge >= 0.3 is 0 Å². The second kappa shape index (κ2) is 15.4. The van der Waals surface area contributed by atoms with Gasteiger partial charge in [0.25, 0.3) is 0 Å². The third-order valence-electron chi connectivity index (χ3n) is 9.29. The number of nitriles is 1. The van der Waals surface area contributed by atoms with Gasteiger partial charge in [0.1, 0.15) is 23.9 Å². The number of aromatic nitrogens is 6. The van der Waals surface area contributed by atoms with E-state index >= 15 is 4.79 Å². The van der Waals surface area contributed by atoms with Crippen LogP contribution in [-0.2, 0) is 17.9 Å². The molecule has 13 heteroatoms. The van der Waals surface area contributed by atoms with Crippen molar-refractivity contribution in [2.24, 2.45) is 0 Å². The minimum atomic E-state index is -0.897. The zero-order chi connectivity index (χ0) is 37.1. The molecule has 268 valence electrons. The van der Waals surface area contributed by atoms with Crippen LogP contribution >= 0.6 is 11.6 Å². The van der Waals surface area contributed by atoms with Gasteiger partial charge in [0, 0.05) is 43.5 Å². The normalized spacial score (nSPS) is 14.7. The van der Waals surface area contributed by atoms with Crippen LogP contribution in [0.4, 0.5) is 26.2 Å². The molecule has 0 saturated carbocycles. The highest BCUT2D eigenvalue weighted by atomic mass is 35.5. The number of carbonyl (C=O) groups excluding carboxylic acids is 1. The van der Waals surface area contributed by atoms with E-state index in [1.54, 1.807) is 58.3 Å². The summed E-state index contributed by atoms with van der Waals surface area (Å²) in [5, 5.41) is 19.1. The van der Waals surface area contributed by atoms with Crippen molar-refractivity contribution in [3.05, 3.63) is 148 Å². The predicted octanol–water partition coefficient (Wildman–Crippen LogP) is 7.80. The van der Waals surface area contributed by atoms with E-state index in [4.69, 9.17) is 21.8 Å². The molecular weight excluding hydrogens is 696 g/mol. The zero-order valence-corrected chi connectivity index (χ0v) is 29.9. The summed E-state index contributed by atoms with van der Waals surface area (Å²) >= 11 is 6.27. The van der Waals surface area contributed by atoms with Gasteiger partial charge < -0.3 is 4.90 Å². The smallest absolute Gasteiger partial charge is 0.246 e. The van der Waals surface area contributed by atoms with Gasteiger partial charge in [-0.1, -0.05) is 67.9 Å². The Balaban J connectivity index is 1.28. The lowest BCUT2D eigenvalue weighted by Crippen LogP contribution is -2.33. The van der Waals surface area contributed by atoms with Gasteiger partial charge in [0.05, 0.1) is 41.8 Å². The largest absolute Gasteiger partial charge is 0.354 e. The van der Waals surface area contributed by atoms with Crippen molar-refractivity contribution in [3.8, 4) is 6.07 Å². The molecule has 2 aromatic carbocycles. The topological polar surface area (TPSA) is 109 Å². The number of benzene rings is 2. The molecule has 1 unspecified atom stereocenters. The van der Waals surface area contributed by atoms with E-state index in [1.165, 1.54) is 23.2 Å². The first-order valence-corrected chi connectivity index (χ1v) is 17.7. The molecule has 1 saturated heterocycles. The molecule has 1 fully saturated rings. The maximum Gasteiger partial charge on any atom is 0.246 e. The van der Waals surface area contributed by atoms with Crippen molar-refractivity contribution in [2.45, 2.75) is 51.4 Å². The first-order chi connectivity index (χ1) is 25.6. The van der Waals surface area contributed by atoms with E-state index in [-0.39, 0.29) is 35.4 Å². The second-order valence-electron chi connectivity index (χ2n) is 13.3. The molecule has 10 nitrogen and oxygen atoms in total. The van der Waals surface area contributed by atoms with Gasteiger partial charge in [-0.15, -0.1) is 0 Å². The molecule has 2 atom stereocenters. The maximum absolute atomic E-state index is 15.2. The van der Waals surface area contributed by atoms with Crippen LogP contribution in [0.1, 0.15) is 65.6 Å². The summed E-state index contributed by atoms with van der Waals surface area (Å²) in [7, 11) is 0. The highest BCUT2D eigenvalue weighted by Crippen LogP contribution is 2.34. The predicted molar refractivity (Wildman–Crippen MR) is 199 cm³/mol. The van der Waals surface area contributed by atoms with Crippen LogP contribution in [0, 0.1) is 17.1 Å². The fourth-order valence-corrected chi connectivity index (χ4v) is 6.62. The third-order valence-corrected chi connectivity index (χ3v) is 9.60. The highest BCUT2D eigenvalue weighted by Gasteiger charge is 2.33. The molecule has 6 aromatic rings. The minimum Gasteiger partial charge on any atom is -0.354 e. The standard InChI is InChI=1S/C40H36ClF2N9O/c1-26(2)28-5-7-29(8-6-28)39(30-9-12-36(46-21-30)49-16-13-33(43)24-49)40(53)52(37-14-17-50(47-37)23-27-3-10-32(42)11-4-27)38-15-18-51(48-38)25-34-19-35(41)31(20-44)22-45-34/h3-12,14-15,17-19,21-22,26,33,39H,13,16,23-25H2,1-2H3/t33-,39?/m0/s1. The molecular formula is C40H36ClF2N9O. The third kappa shape index (κ3) is 7.95. The number of nitrogens with zero attached hydrogens (tertiary/aromatic N) is 9. The van der Waals surface area contributed by atoms with E-state index in [2.05, 4.69) is 23.8 Å². The van der Waals surface area contributed by atoms with Crippen molar-refractivity contribution >= 4 is 35.0 Å². The van der Waals surface area contributed by atoms with E-state index < -0.39 is 12.1 Å². The quantitative estimate of drug-likeness (QED) is 0.134. The zero-order valence-electron chi connectivity index (χ0n) is 29.1. The first-order valence-electron chi connectivity index (χ1n) is 17.3. The number of carbonyl (C=O) groups is 1. The van der Waals surface area contributed by atoms with Crippen LogP contribution in [0.5, 0.6) is 0 Å². The number of halogens is 3. The number of hydrogen-bond donors (Lipinski definition) is 0. The molecule has 0 aliphatic carbocycles. The van der Waals surface area contributed by atoms with Crippen molar-refractivity contribution < 1.29 is 13.6 Å². The van der Waals surface area contributed by atoms with Crippen LogP contribution < -0.4 is 9.80 Å². The van der Waals surface area contributed by atoms with Crippen LogP contribution in [-0.4, -0.2) is 54.7 Å². The van der Waals surface area contributed by atoms with Gasteiger partial charge in [-0.2, -0.15) is 15.5 Å². The van der Waals surface area contributed by atoms with Crippen LogP contribution in [0.15, 0.2) is 104 Å². The van der Waals surface area contributed by atoms with E-state index in [9.17, 15) is 14.0 Å². The van der Waals surface area contributed by atoms with E-state index in [0.29, 0.717) is 54.1 Å². The van der Waals surface area contributed by atoms with Crippen LogP contribution in [0.2, 0.25) is 5.02 Å². The van der Waals surface area contributed by atoms with Crippen molar-refractivity contribution in [2.75, 3.05) is 22.9 Å². The molecule has 7 rings (SSSR count). The number of alkyl halides is 1. The summed E-state index contributed by atoms with van der Waals surface area (Å²) in [6.45, 7) is 5.67. The summed E-state index contributed by atoms with van der Waals surface area (Å²) in [5.74, 6) is 0.146. The highest BCUT2D eigenvalue weighted by molar-refractivity contribution is 6.31. The lowest BCUT2D eigenvalue weighted by Gasteiger charge is -2.25. The average Bonchev–Trinajstić information content (AvgIpc) is 3.92. The number of amides is 1. The van der Waals surface area contributed by atoms with Gasteiger partial charge in [-0.25, -0.2) is 18.7 Å². The Morgan fingerprint density at radius 1 is 0.906 bits per heavy atom. The Labute approximate surface area is 310 Å². The Kier molecular flexibility index (Phi) is 10.3. The fourth-order valence-electron chi connectivity index (χ4n) is 6.40. The summed E-state index contributed by atoms with van der Waals surface area (Å²) < 4.78 is 31.0. The number of pyridine rings is 2. The summed E-state index contributed by atoms with van der Waals surface area (Å²) in [6.07, 6.45) is 6.15. The summed E-state index contributed by atoms with van der Waals surface area (Å²) in [6, 6.07) is 24.9. The molecule has 1 aliphatic rings. The Morgan fingerprint density at radius 2 is 1.57 bits per heavy atom. The molecule has 1 aliphatic heterocycles. The van der Waals surface area contributed by atoms with E-state index in [1.807, 2.05) is 47.4 Å². The molecule has 0 radical (unpaired) electrons. The van der Waals surface area contributed by atoms with Gasteiger partial charge in [0.15, 0.2) is 11.6 Å². The molecule has 4 aromatic heterocycles. The summed E-state index contributed by atoms with van der Waals surface area (Å²) in [5.41, 5.74) is 4.23.